The molecule has 9 aliphatic carbocycles. The lowest BCUT2D eigenvalue weighted by Gasteiger charge is -2.56. The van der Waals surface area contributed by atoms with Gasteiger partial charge >= 0.3 is 55.4 Å². The van der Waals surface area contributed by atoms with Gasteiger partial charge < -0.3 is 99.4 Å². The Hall–Kier alpha value is -10.7. The molecule has 39 heteroatoms. The van der Waals surface area contributed by atoms with E-state index >= 15 is 0 Å². The predicted molar refractivity (Wildman–Crippen MR) is 483 cm³/mol. The molecule has 0 aliphatic heterocycles. The third-order valence-electron chi connectivity index (χ3n) is 23.5. The minimum atomic E-state index is -1.04. The number of hydrogen-bond donors (Lipinski definition) is 9. The van der Waals surface area contributed by atoms with Gasteiger partial charge in [0.05, 0.1) is 44.0 Å². The molecule has 130 heavy (non-hydrogen) atoms. The van der Waals surface area contributed by atoms with Crippen molar-refractivity contribution in [3.8, 4) is 23.5 Å². The van der Waals surface area contributed by atoms with Gasteiger partial charge in [0.1, 0.15) is 55.5 Å². The Bertz CT molecular complexity index is 4730. The summed E-state index contributed by atoms with van der Waals surface area (Å²) in [4.78, 5) is 123. The van der Waals surface area contributed by atoms with Crippen molar-refractivity contribution >= 4 is 123 Å². The molecule has 4 amide bonds. The summed E-state index contributed by atoms with van der Waals surface area (Å²) >= 11 is 10.4. The largest absolute Gasteiger partial charge is 0.492 e. The number of aromatic nitrogens is 4. The lowest BCUT2D eigenvalue weighted by molar-refractivity contribution is -0.116. The van der Waals surface area contributed by atoms with Crippen LogP contribution in [0.3, 0.4) is 0 Å². The van der Waals surface area contributed by atoms with E-state index in [0.29, 0.717) is 44.1 Å². The van der Waals surface area contributed by atoms with Gasteiger partial charge in [-0.05, 0) is 194 Å². The maximum absolute atomic E-state index is 12.1. The van der Waals surface area contributed by atoms with Crippen molar-refractivity contribution in [3.63, 3.8) is 0 Å². The normalized spacial score (nSPS) is 23.8. The standard InChI is InChI=1S/C22H26N2O5S.C21H23ClN2O5S.C21H25N3O5S.C15H19NO3.C9H11NO4S.C3H7BO2/c1-3-27-20(25)18-19(23-14(2)30-18)29-17-11-22(12-17)9-16(10-22)24-21(26)28-13-15-7-5-4-6-8-15;2*1-2-27-18(25)16-17(24-19(22)30-16)29-15-10-21(11-15)8-14(9-21)23-20(26)28-12-13-6-4-3-5-7-13;17-13-8-15(9-13)6-12(7-15)16-14(18)19-10-11-4-2-1-3-5-11;1-3-14-9(13)7-8(12)10-6(15-7)4-5(2)11;5-4(6)3-1-2-3/h4-8,16-17H,3,9-13H2,1-2H3,(H,24,26);3-7,14-15H,2,8-12H2,1H3,(H,23,26);3-7,14-15H,2,8-12H2,1H3,(H2,22,24)(H,23,26);1-5,12-13,17H,6-10H2,(H,16,18);12H,3-4H2,1-2H3;3,5-6H,1-2H2. The van der Waals surface area contributed by atoms with Crippen molar-refractivity contribution in [2.75, 3.05) is 32.2 Å². The van der Waals surface area contributed by atoms with E-state index in [9.17, 15) is 53.4 Å². The Morgan fingerprint density at radius 1 is 0.423 bits per heavy atom. The second kappa shape index (κ2) is 45.9. The summed E-state index contributed by atoms with van der Waals surface area (Å²) in [6.45, 7) is 12.4. The Kier molecular flexibility index (Phi) is 34.7. The highest BCUT2D eigenvalue weighted by atomic mass is 35.5. The molecule has 9 aliphatic rings. The monoisotopic (exact) mass is 1890 g/mol. The molecule has 4 spiro atoms. The summed E-state index contributed by atoms with van der Waals surface area (Å²) in [5, 5.41) is 48.3. The van der Waals surface area contributed by atoms with Gasteiger partial charge in [-0.2, -0.15) is 9.97 Å². The number of esters is 4. The van der Waals surface area contributed by atoms with Crippen LogP contribution in [0.1, 0.15) is 221 Å². The van der Waals surface area contributed by atoms with Gasteiger partial charge in [-0.25, -0.2) is 48.3 Å². The van der Waals surface area contributed by atoms with E-state index in [4.69, 9.17) is 79.5 Å². The lowest BCUT2D eigenvalue weighted by Crippen LogP contribution is -2.58. The molecular weight excluding hydrogens is 1780 g/mol. The van der Waals surface area contributed by atoms with Crippen LogP contribution in [0, 0.1) is 28.6 Å². The summed E-state index contributed by atoms with van der Waals surface area (Å²) in [5.74, 6) is -1.24. The van der Waals surface area contributed by atoms with Gasteiger partial charge in [-0.15, -0.1) is 22.7 Å². The second-order valence-electron chi connectivity index (χ2n) is 34.2. The van der Waals surface area contributed by atoms with Gasteiger partial charge in [0, 0.05) is 24.2 Å². The van der Waals surface area contributed by atoms with Crippen LogP contribution in [0.2, 0.25) is 10.3 Å². The number of nitrogens with one attached hydrogen (secondary N) is 4. The summed E-state index contributed by atoms with van der Waals surface area (Å²) in [5.41, 5.74) is 10.5. The minimum absolute atomic E-state index is 0.00865. The highest BCUT2D eigenvalue weighted by molar-refractivity contribution is 7.18. The van der Waals surface area contributed by atoms with Crippen molar-refractivity contribution in [2.45, 2.75) is 244 Å². The number of rotatable bonds is 29. The molecule has 698 valence electrons. The average Bonchev–Trinajstić information content (AvgIpc) is 0.771. The van der Waals surface area contributed by atoms with Crippen molar-refractivity contribution < 1.29 is 116 Å². The zero-order valence-electron chi connectivity index (χ0n) is 73.2. The topological polar surface area (TPSA) is 462 Å². The molecule has 4 aromatic heterocycles. The summed E-state index contributed by atoms with van der Waals surface area (Å²) in [7, 11) is -1.04. The number of ether oxygens (including phenoxy) is 11. The molecule has 0 saturated heterocycles. The van der Waals surface area contributed by atoms with Crippen molar-refractivity contribution in [3.05, 3.63) is 178 Å². The number of nitrogens with zero attached hydrogens (tertiary/aromatic N) is 4. The number of nitrogen functional groups attached to an aromatic ring is 1. The third kappa shape index (κ3) is 28.4. The molecule has 0 atom stereocenters. The number of aryl methyl sites for hydroxylation is 1. The first-order valence-electron chi connectivity index (χ1n) is 43.6. The van der Waals surface area contributed by atoms with Crippen LogP contribution in [0.5, 0.6) is 23.5 Å². The molecule has 9 saturated carbocycles. The van der Waals surface area contributed by atoms with E-state index in [0.717, 1.165) is 177 Å². The van der Waals surface area contributed by atoms with E-state index in [2.05, 4.69) is 41.2 Å². The average molecular weight is 1890 g/mol. The molecule has 10 N–H and O–H groups in total. The van der Waals surface area contributed by atoms with E-state index in [-0.39, 0.29) is 185 Å². The minimum Gasteiger partial charge on any atom is -0.492 e. The number of halogens is 1. The Labute approximate surface area is 774 Å². The zero-order chi connectivity index (χ0) is 92.7. The second-order valence-corrected chi connectivity index (χ2v) is 39.1. The van der Waals surface area contributed by atoms with Crippen molar-refractivity contribution in [1.29, 1.82) is 0 Å². The van der Waals surface area contributed by atoms with Crippen LogP contribution in [0.15, 0.2) is 121 Å². The van der Waals surface area contributed by atoms with E-state index in [1.807, 2.05) is 128 Å². The number of alkyl carbamates (subject to hydrolysis) is 4. The van der Waals surface area contributed by atoms with Gasteiger partial charge in [-0.3, -0.25) is 4.79 Å². The Morgan fingerprint density at radius 3 is 1.04 bits per heavy atom. The van der Waals surface area contributed by atoms with Crippen LogP contribution >= 0.6 is 56.9 Å². The smallest absolute Gasteiger partial charge is 0.454 e. The molecular formula is C91H111BClN9O24S4. The number of aromatic hydroxyl groups is 1. The fraction of sp³-hybridized carbons (Fsp3) is 0.505. The number of amides is 4. The van der Waals surface area contributed by atoms with Crippen LogP contribution in [0.25, 0.3) is 0 Å². The van der Waals surface area contributed by atoms with E-state index < -0.39 is 25.0 Å². The number of benzene rings is 4. The van der Waals surface area contributed by atoms with E-state index in [1.54, 1.807) is 27.7 Å². The Balaban J connectivity index is 0.000000147. The number of ketones is 1. The number of carbonyl (C=O) groups excluding carboxylic acids is 9. The number of aliphatic hydroxyl groups excluding tert-OH is 1. The number of carbonyl (C=O) groups is 9. The quantitative estimate of drug-likeness (QED) is 0.0119. The number of thiazole rings is 4. The summed E-state index contributed by atoms with van der Waals surface area (Å²) < 4.78 is 58.9. The van der Waals surface area contributed by atoms with Crippen LogP contribution in [-0.2, 0) is 75.5 Å². The van der Waals surface area contributed by atoms with Gasteiger partial charge in [0.2, 0.25) is 23.5 Å². The van der Waals surface area contributed by atoms with Crippen LogP contribution in [-0.4, -0.2) is 176 Å². The molecule has 4 heterocycles. The molecule has 8 aromatic rings. The molecule has 0 unspecified atom stereocenters. The molecule has 0 radical (unpaired) electrons. The number of nitrogens with two attached hydrogens (primary N) is 1. The number of hydrogen-bond acceptors (Lipinski definition) is 33. The summed E-state index contributed by atoms with van der Waals surface area (Å²) in [6.07, 6.45) is 15.0. The zero-order valence-corrected chi connectivity index (χ0v) is 77.3. The van der Waals surface area contributed by atoms with Gasteiger partial charge in [0.25, 0.3) is 0 Å². The maximum atomic E-state index is 12.1. The van der Waals surface area contributed by atoms with Gasteiger partial charge in [-0.1, -0.05) is 168 Å². The number of anilines is 1. The third-order valence-corrected chi connectivity index (χ3v) is 27.5. The van der Waals surface area contributed by atoms with E-state index in [1.165, 1.54) is 18.3 Å². The van der Waals surface area contributed by atoms with Crippen LogP contribution < -0.4 is 41.2 Å². The fourth-order valence-corrected chi connectivity index (χ4v) is 20.6. The molecule has 9 fully saturated rings. The number of Topliss-reactive ketones (excluding diaryl/α,β-unsaturated/α-hetero) is 1. The summed E-state index contributed by atoms with van der Waals surface area (Å²) in [6, 6.07) is 39.1. The van der Waals surface area contributed by atoms with Crippen molar-refractivity contribution in [1.82, 2.24) is 41.2 Å². The first kappa shape index (κ1) is 98.3. The lowest BCUT2D eigenvalue weighted by atomic mass is 9.53. The first-order valence-corrected chi connectivity index (χ1v) is 47.2. The number of aliphatic hydroxyl groups is 1. The Morgan fingerprint density at radius 2 is 0.731 bits per heavy atom. The highest BCUT2D eigenvalue weighted by Gasteiger charge is 2.58. The van der Waals surface area contributed by atoms with Crippen LogP contribution in [0.4, 0.5) is 24.3 Å². The fourth-order valence-electron chi connectivity index (χ4n) is 17.4. The SMILES string of the molecule is CCOC(=O)c1sc(C)nc1OC1CC2(CC(NC(=O)OCc3ccccc3)C2)C1.CCOC(=O)c1sc(CC(C)=O)nc1O.CCOC(=O)c1sc(Cl)nc1OC1CC2(CC(NC(=O)OCc3ccccc3)C2)C1.CCOC(=O)c1sc(N)nc1OC1CC2(CC(NC(=O)OCc3ccccc3)C2)C1.O=C(NC1CC2(CC(O)C2)C1)OCc1ccccc1.OB(O)C1CC1. The van der Waals surface area contributed by atoms with Crippen molar-refractivity contribution in [2.24, 2.45) is 21.7 Å². The van der Waals surface area contributed by atoms with Gasteiger partial charge in [0.15, 0.2) is 29.1 Å². The molecule has 33 nitrogen and oxygen atoms in total. The highest BCUT2D eigenvalue weighted by Crippen LogP contribution is 2.60. The predicted octanol–water partition coefficient (Wildman–Crippen LogP) is 15.3. The maximum Gasteiger partial charge on any atom is 0.454 e. The first-order chi connectivity index (χ1) is 62.4. The molecule has 17 rings (SSSR count). The molecule has 4 aromatic carbocycles. The molecule has 0 bridgehead atoms.